The van der Waals surface area contributed by atoms with E-state index in [0.717, 1.165) is 21.7 Å². The number of carbonyl (C=O) groups is 5. The van der Waals surface area contributed by atoms with E-state index in [9.17, 15) is 36.9 Å². The van der Waals surface area contributed by atoms with Gasteiger partial charge in [-0.15, -0.1) is 11.3 Å². The standard InChI is InChI=1S/C46H52N10O12S2/c1-44(2,3)66-42(60)50-41-48-33(28-69-41)35(52-68-46(20-21-46)40(59)65-37(30-16-10-8-11-17-30)31-18-12-9-13-19-31)38(57)49-36-34(56(39(36)58)70(62,63)64)27-55-47-23-32(51-55)26-54(43(61)67-45(4,5)6)25-29-15-14-22-53(7)24-29/h8-19,22-24,28,34,36-37H,20-21,25-27H2,1-7H3,(H2-,48,49,50,57,60,62,63,64)/b52-35+/t34-,36+/m1/s1. The molecule has 4 amide bonds. The Labute approximate surface area is 407 Å². The normalized spacial score (nSPS) is 16.7. The van der Waals surface area contributed by atoms with Gasteiger partial charge in [0.1, 0.15) is 35.7 Å². The van der Waals surface area contributed by atoms with Gasteiger partial charge in [-0.3, -0.25) is 19.8 Å². The van der Waals surface area contributed by atoms with Crippen molar-refractivity contribution in [3.05, 3.63) is 125 Å². The number of nitrogens with one attached hydrogen (secondary N) is 2. The van der Waals surface area contributed by atoms with Crippen LogP contribution in [-0.2, 0) is 70.4 Å². The fourth-order valence-corrected chi connectivity index (χ4v) is 8.62. The van der Waals surface area contributed by atoms with Crippen molar-refractivity contribution >= 4 is 62.5 Å². The second kappa shape index (κ2) is 20.3. The van der Waals surface area contributed by atoms with Gasteiger partial charge in [0.2, 0.25) is 5.60 Å². The molecule has 22 nitrogen and oxygen atoms in total. The Kier molecular flexibility index (Phi) is 14.7. The van der Waals surface area contributed by atoms with E-state index < -0.39 is 87.5 Å². The maximum absolute atomic E-state index is 14.3. The lowest BCUT2D eigenvalue weighted by molar-refractivity contribution is -0.672. The topological polar surface area (TPSA) is 270 Å². The third-order valence-electron chi connectivity index (χ3n) is 10.4. The number of benzene rings is 2. The molecule has 370 valence electrons. The number of aryl methyl sites for hydroxylation is 1. The number of aromatic nitrogens is 5. The highest BCUT2D eigenvalue weighted by molar-refractivity contribution is 7.84. The molecule has 2 aromatic carbocycles. The molecule has 0 unspecified atom stereocenters. The van der Waals surface area contributed by atoms with Crippen LogP contribution in [0, 0.1) is 0 Å². The molecular weight excluding hydrogens is 949 g/mol. The summed E-state index contributed by atoms with van der Waals surface area (Å²) in [5.41, 5.74) is -1.70. The minimum atomic E-state index is -5.43. The number of ether oxygens (including phenoxy) is 3. The van der Waals surface area contributed by atoms with Crippen molar-refractivity contribution in [3.8, 4) is 0 Å². The van der Waals surface area contributed by atoms with Crippen LogP contribution in [0.25, 0.3) is 0 Å². The Morgan fingerprint density at radius 2 is 1.60 bits per heavy atom. The molecule has 0 radical (unpaired) electrons. The van der Waals surface area contributed by atoms with Gasteiger partial charge in [0.15, 0.2) is 39.6 Å². The Hall–Kier alpha value is -7.31. The Balaban J connectivity index is 1.13. The van der Waals surface area contributed by atoms with Crippen molar-refractivity contribution in [2.75, 3.05) is 5.32 Å². The molecule has 4 heterocycles. The summed E-state index contributed by atoms with van der Waals surface area (Å²) in [7, 11) is -3.60. The monoisotopic (exact) mass is 1000 g/mol. The van der Waals surface area contributed by atoms with Crippen LogP contribution < -0.4 is 15.2 Å². The Morgan fingerprint density at radius 1 is 0.957 bits per heavy atom. The summed E-state index contributed by atoms with van der Waals surface area (Å²) in [6, 6.07) is 18.5. The predicted octanol–water partition coefficient (Wildman–Crippen LogP) is 4.29. The largest absolute Gasteiger partial charge is 0.731 e. The number of oxime groups is 1. The summed E-state index contributed by atoms with van der Waals surface area (Å²) < 4.78 is 56.3. The Bertz CT molecular complexity index is 2840. The minimum absolute atomic E-state index is 0.0244. The van der Waals surface area contributed by atoms with E-state index in [4.69, 9.17) is 19.0 Å². The molecule has 2 N–H and O–H groups in total. The van der Waals surface area contributed by atoms with Gasteiger partial charge in [-0.1, -0.05) is 65.8 Å². The average molecular weight is 1000 g/mol. The van der Waals surface area contributed by atoms with E-state index in [1.165, 1.54) is 16.5 Å². The van der Waals surface area contributed by atoms with Crippen LogP contribution in [0.2, 0.25) is 0 Å². The van der Waals surface area contributed by atoms with E-state index in [2.05, 4.69) is 31.0 Å². The van der Waals surface area contributed by atoms with Crippen LogP contribution in [0.15, 0.2) is 102 Å². The summed E-state index contributed by atoms with van der Waals surface area (Å²) in [5.74, 6) is -3.18. The molecule has 1 saturated carbocycles. The zero-order valence-electron chi connectivity index (χ0n) is 39.3. The number of thiazole rings is 1. The number of rotatable bonds is 17. The van der Waals surface area contributed by atoms with Crippen LogP contribution in [0.1, 0.15) is 88.6 Å². The van der Waals surface area contributed by atoms with Crippen molar-refractivity contribution < 1.29 is 60.6 Å². The van der Waals surface area contributed by atoms with Gasteiger partial charge in [0, 0.05) is 29.9 Å². The number of hydrogen-bond donors (Lipinski definition) is 2. The van der Waals surface area contributed by atoms with Crippen molar-refractivity contribution in [3.63, 3.8) is 0 Å². The van der Waals surface area contributed by atoms with Crippen molar-refractivity contribution in [2.24, 2.45) is 12.2 Å². The first kappa shape index (κ1) is 50.6. The molecule has 2 fully saturated rings. The van der Waals surface area contributed by atoms with Gasteiger partial charge in [-0.25, -0.2) is 36.7 Å². The lowest BCUT2D eigenvalue weighted by Crippen LogP contribution is -2.73. The lowest BCUT2D eigenvalue weighted by Gasteiger charge is -2.46. The van der Waals surface area contributed by atoms with Crippen LogP contribution in [0.5, 0.6) is 0 Å². The van der Waals surface area contributed by atoms with E-state index in [0.29, 0.717) is 11.1 Å². The highest BCUT2D eigenvalue weighted by Crippen LogP contribution is 2.43. The molecule has 3 aromatic heterocycles. The molecule has 2 atom stereocenters. The molecule has 1 aliphatic heterocycles. The first-order chi connectivity index (χ1) is 33.0. The maximum Gasteiger partial charge on any atom is 0.413 e. The second-order valence-corrected chi connectivity index (χ2v) is 20.6. The van der Waals surface area contributed by atoms with Gasteiger partial charge in [-0.05, 0) is 58.7 Å². The van der Waals surface area contributed by atoms with Crippen molar-refractivity contribution in [2.45, 2.75) is 109 Å². The van der Waals surface area contributed by atoms with Gasteiger partial charge in [-0.2, -0.15) is 15.0 Å². The molecule has 70 heavy (non-hydrogen) atoms. The van der Waals surface area contributed by atoms with Crippen LogP contribution >= 0.6 is 11.3 Å². The highest BCUT2D eigenvalue weighted by Gasteiger charge is 2.57. The van der Waals surface area contributed by atoms with Gasteiger partial charge >= 0.3 is 18.2 Å². The van der Waals surface area contributed by atoms with E-state index in [-0.39, 0.29) is 46.8 Å². The summed E-state index contributed by atoms with van der Waals surface area (Å²) in [5, 5.41) is 18.9. The van der Waals surface area contributed by atoms with Crippen molar-refractivity contribution in [1.82, 2.24) is 34.5 Å². The Morgan fingerprint density at radius 3 is 2.19 bits per heavy atom. The van der Waals surface area contributed by atoms with Gasteiger partial charge < -0.3 is 28.9 Å². The van der Waals surface area contributed by atoms with Gasteiger partial charge in [0.25, 0.3) is 11.8 Å². The number of hydrogen-bond acceptors (Lipinski definition) is 17. The minimum Gasteiger partial charge on any atom is -0.731 e. The maximum atomic E-state index is 14.3. The molecule has 1 aliphatic carbocycles. The zero-order valence-corrected chi connectivity index (χ0v) is 40.9. The number of β-lactam (4-membered cyclic amide) rings is 1. The fourth-order valence-electron chi connectivity index (χ4n) is 7.09. The van der Waals surface area contributed by atoms with E-state index in [1.54, 1.807) is 90.1 Å². The number of nitrogens with zero attached hydrogens (tertiary/aromatic N) is 8. The van der Waals surface area contributed by atoms with Crippen LogP contribution in [-0.4, -0.2) is 107 Å². The number of carbonyl (C=O) groups excluding carboxylic acids is 5. The van der Waals surface area contributed by atoms with Crippen molar-refractivity contribution in [1.29, 1.82) is 0 Å². The number of amides is 4. The smallest absolute Gasteiger partial charge is 0.413 e. The van der Waals surface area contributed by atoms with Gasteiger partial charge in [0.05, 0.1) is 31.9 Å². The van der Waals surface area contributed by atoms with Crippen LogP contribution in [0.4, 0.5) is 14.7 Å². The molecule has 0 spiro atoms. The van der Waals surface area contributed by atoms with E-state index in [1.807, 2.05) is 48.3 Å². The van der Waals surface area contributed by atoms with Crippen LogP contribution in [0.3, 0.4) is 0 Å². The predicted molar refractivity (Wildman–Crippen MR) is 248 cm³/mol. The third-order valence-corrected chi connectivity index (χ3v) is 12.1. The molecular formula is C46H52N10O12S2. The number of pyridine rings is 1. The molecule has 5 aromatic rings. The lowest BCUT2D eigenvalue weighted by atomic mass is 9.98. The number of esters is 1. The molecule has 0 bridgehead atoms. The number of anilines is 1. The average Bonchev–Trinajstić information content (AvgIpc) is 3.71. The molecule has 2 aliphatic rings. The SMILES string of the molecule is C[n+]1cccc(CN(Cc2cnn(C[C@@H]3[C@H](NC(=O)/C(=N/OC4(C(=O)OC(c5ccccc5)c5ccccc5)CC4)c4csc(NC(=O)OC(C)(C)C)n4)C(=O)N3S(=O)(=O)[O-])n2)C(=O)OC(C)(C)C)c1. The quantitative estimate of drug-likeness (QED) is 0.0250. The fraction of sp³-hybridized carbons (Fsp3) is 0.391. The highest BCUT2D eigenvalue weighted by atomic mass is 32.2. The zero-order chi connectivity index (χ0) is 50.6. The third kappa shape index (κ3) is 12.9. The summed E-state index contributed by atoms with van der Waals surface area (Å²) >= 11 is 0.885. The summed E-state index contributed by atoms with van der Waals surface area (Å²) in [4.78, 5) is 80.2. The van der Waals surface area contributed by atoms with E-state index >= 15 is 0 Å². The summed E-state index contributed by atoms with van der Waals surface area (Å²) in [6.45, 7) is 9.67. The molecule has 1 saturated heterocycles. The molecule has 7 rings (SSSR count). The molecule has 24 heteroatoms. The second-order valence-electron chi connectivity index (χ2n) is 18.5. The summed E-state index contributed by atoms with van der Waals surface area (Å²) in [6.07, 6.45) is 2.97. The first-order valence-electron chi connectivity index (χ1n) is 21.9. The first-order valence-corrected chi connectivity index (χ1v) is 24.2.